The molecule has 7 nitrogen and oxygen atoms in total. The molecule has 0 aliphatic heterocycles. The first-order chi connectivity index (χ1) is 14.1. The molecule has 2 aromatic carbocycles. The van der Waals surface area contributed by atoms with Crippen LogP contribution in [0.15, 0.2) is 47.1 Å². The Morgan fingerprint density at radius 1 is 0.966 bits per heavy atom. The lowest BCUT2D eigenvalue weighted by Crippen LogP contribution is -2.12. The van der Waals surface area contributed by atoms with Crippen LogP contribution in [-0.2, 0) is 0 Å². The second-order valence-electron chi connectivity index (χ2n) is 6.64. The molecule has 0 fully saturated rings. The SMILES string of the molecule is CCCOc1ccc(-c2nonc2NC(=O)c2ccc(C)cc2)cc1OCCC. The molecule has 3 aromatic rings. The van der Waals surface area contributed by atoms with Crippen molar-refractivity contribution in [1.82, 2.24) is 10.3 Å². The van der Waals surface area contributed by atoms with E-state index in [0.29, 0.717) is 41.5 Å². The number of benzene rings is 2. The van der Waals surface area contributed by atoms with Gasteiger partial charge in [-0.15, -0.1) is 0 Å². The van der Waals surface area contributed by atoms with Crippen molar-refractivity contribution in [3.05, 3.63) is 53.6 Å². The van der Waals surface area contributed by atoms with E-state index in [1.165, 1.54) is 0 Å². The number of hydrogen-bond acceptors (Lipinski definition) is 6. The Hall–Kier alpha value is -3.35. The molecule has 29 heavy (non-hydrogen) atoms. The summed E-state index contributed by atoms with van der Waals surface area (Å²) in [6, 6.07) is 12.8. The van der Waals surface area contributed by atoms with Crippen molar-refractivity contribution < 1.29 is 18.9 Å². The lowest BCUT2D eigenvalue weighted by Gasteiger charge is -2.13. The number of amides is 1. The van der Waals surface area contributed by atoms with Gasteiger partial charge in [-0.25, -0.2) is 4.63 Å². The summed E-state index contributed by atoms with van der Waals surface area (Å²) in [6.07, 6.45) is 1.78. The zero-order chi connectivity index (χ0) is 20.6. The zero-order valence-electron chi connectivity index (χ0n) is 16.9. The van der Waals surface area contributed by atoms with Crippen molar-refractivity contribution in [2.75, 3.05) is 18.5 Å². The van der Waals surface area contributed by atoms with Gasteiger partial charge in [0.2, 0.25) is 5.82 Å². The van der Waals surface area contributed by atoms with Gasteiger partial charge in [0.15, 0.2) is 17.2 Å². The average molecular weight is 395 g/mol. The van der Waals surface area contributed by atoms with Crippen molar-refractivity contribution in [2.45, 2.75) is 33.6 Å². The highest BCUT2D eigenvalue weighted by Crippen LogP contribution is 2.34. The zero-order valence-corrected chi connectivity index (χ0v) is 16.9. The molecule has 0 unspecified atom stereocenters. The maximum absolute atomic E-state index is 12.5. The van der Waals surface area contributed by atoms with Crippen LogP contribution in [0, 0.1) is 6.92 Å². The van der Waals surface area contributed by atoms with Crippen molar-refractivity contribution in [2.24, 2.45) is 0 Å². The van der Waals surface area contributed by atoms with Gasteiger partial charge in [0.05, 0.1) is 13.2 Å². The summed E-state index contributed by atoms with van der Waals surface area (Å²) >= 11 is 0. The number of nitrogens with one attached hydrogen (secondary N) is 1. The van der Waals surface area contributed by atoms with Gasteiger partial charge in [-0.05, 0) is 60.4 Å². The van der Waals surface area contributed by atoms with Crippen molar-refractivity contribution in [3.8, 4) is 22.8 Å². The number of anilines is 1. The molecular formula is C22H25N3O4. The van der Waals surface area contributed by atoms with E-state index in [1.807, 2.05) is 51.1 Å². The molecule has 0 aliphatic carbocycles. The van der Waals surface area contributed by atoms with E-state index in [1.54, 1.807) is 12.1 Å². The first-order valence-electron chi connectivity index (χ1n) is 9.73. The Labute approximate surface area is 170 Å². The number of rotatable bonds is 9. The Bertz CT molecular complexity index is 951. The molecule has 0 saturated carbocycles. The van der Waals surface area contributed by atoms with E-state index in [-0.39, 0.29) is 11.7 Å². The predicted octanol–water partition coefficient (Wildman–Crippen LogP) is 4.87. The number of nitrogens with zero attached hydrogens (tertiary/aromatic N) is 2. The fraction of sp³-hybridized carbons (Fsp3) is 0.318. The highest BCUT2D eigenvalue weighted by Gasteiger charge is 2.18. The number of aryl methyl sites for hydroxylation is 1. The minimum atomic E-state index is -0.285. The smallest absolute Gasteiger partial charge is 0.256 e. The maximum atomic E-state index is 12.5. The number of ether oxygens (including phenoxy) is 2. The Kier molecular flexibility index (Phi) is 6.84. The maximum Gasteiger partial charge on any atom is 0.256 e. The third-order valence-corrected chi connectivity index (χ3v) is 4.17. The minimum Gasteiger partial charge on any atom is -0.490 e. The van der Waals surface area contributed by atoms with Crippen LogP contribution in [-0.4, -0.2) is 29.4 Å². The lowest BCUT2D eigenvalue weighted by atomic mass is 10.1. The van der Waals surface area contributed by atoms with Crippen LogP contribution >= 0.6 is 0 Å². The minimum absolute atomic E-state index is 0.249. The van der Waals surface area contributed by atoms with Crippen LogP contribution in [0.4, 0.5) is 5.82 Å². The molecule has 0 spiro atoms. The number of hydrogen-bond donors (Lipinski definition) is 1. The van der Waals surface area contributed by atoms with E-state index in [9.17, 15) is 4.79 Å². The highest BCUT2D eigenvalue weighted by atomic mass is 16.6. The number of carbonyl (C=O) groups is 1. The van der Waals surface area contributed by atoms with Crippen LogP contribution in [0.3, 0.4) is 0 Å². The molecule has 0 radical (unpaired) electrons. The lowest BCUT2D eigenvalue weighted by molar-refractivity contribution is 0.102. The largest absolute Gasteiger partial charge is 0.490 e. The Balaban J connectivity index is 1.84. The normalized spacial score (nSPS) is 10.6. The summed E-state index contributed by atoms with van der Waals surface area (Å²) in [5.74, 6) is 1.26. The molecule has 0 aliphatic rings. The summed E-state index contributed by atoms with van der Waals surface area (Å²) in [6.45, 7) is 7.22. The van der Waals surface area contributed by atoms with Crippen LogP contribution < -0.4 is 14.8 Å². The molecule has 7 heteroatoms. The summed E-state index contributed by atoms with van der Waals surface area (Å²) in [7, 11) is 0. The van der Waals surface area contributed by atoms with E-state index in [2.05, 4.69) is 15.6 Å². The van der Waals surface area contributed by atoms with Gasteiger partial charge < -0.3 is 14.8 Å². The van der Waals surface area contributed by atoms with Crippen LogP contribution in [0.5, 0.6) is 11.5 Å². The molecule has 0 bridgehead atoms. The molecule has 3 rings (SSSR count). The fourth-order valence-corrected chi connectivity index (χ4v) is 2.66. The molecule has 1 aromatic heterocycles. The summed E-state index contributed by atoms with van der Waals surface area (Å²) in [5.41, 5.74) is 2.74. The second-order valence-corrected chi connectivity index (χ2v) is 6.64. The standard InChI is InChI=1S/C22H25N3O4/c1-4-12-27-18-11-10-17(14-19(18)28-13-5-2)20-21(25-29-24-20)23-22(26)16-8-6-15(3)7-9-16/h6-11,14H,4-5,12-13H2,1-3H3,(H,23,25,26). The van der Waals surface area contributed by atoms with E-state index < -0.39 is 0 Å². The number of aromatic nitrogens is 2. The van der Waals surface area contributed by atoms with E-state index in [0.717, 1.165) is 18.4 Å². The third-order valence-electron chi connectivity index (χ3n) is 4.17. The molecule has 152 valence electrons. The van der Waals surface area contributed by atoms with Gasteiger partial charge in [0.1, 0.15) is 0 Å². The van der Waals surface area contributed by atoms with Gasteiger partial charge in [-0.2, -0.15) is 0 Å². The Morgan fingerprint density at radius 3 is 2.34 bits per heavy atom. The van der Waals surface area contributed by atoms with Crippen LogP contribution in [0.2, 0.25) is 0 Å². The van der Waals surface area contributed by atoms with Gasteiger partial charge in [-0.1, -0.05) is 31.5 Å². The van der Waals surface area contributed by atoms with Gasteiger partial charge in [-0.3, -0.25) is 4.79 Å². The number of carbonyl (C=O) groups excluding carboxylic acids is 1. The van der Waals surface area contributed by atoms with Crippen LogP contribution in [0.1, 0.15) is 42.6 Å². The summed E-state index contributed by atoms with van der Waals surface area (Å²) in [5, 5.41) is 10.6. The molecular weight excluding hydrogens is 370 g/mol. The van der Waals surface area contributed by atoms with Crippen molar-refractivity contribution in [3.63, 3.8) is 0 Å². The van der Waals surface area contributed by atoms with Crippen molar-refractivity contribution in [1.29, 1.82) is 0 Å². The monoisotopic (exact) mass is 395 g/mol. The predicted molar refractivity (Wildman–Crippen MR) is 110 cm³/mol. The van der Waals surface area contributed by atoms with Gasteiger partial charge in [0.25, 0.3) is 5.91 Å². The third kappa shape index (κ3) is 5.13. The quantitative estimate of drug-likeness (QED) is 0.556. The summed E-state index contributed by atoms with van der Waals surface area (Å²) < 4.78 is 16.5. The first kappa shape index (κ1) is 20.4. The highest BCUT2D eigenvalue weighted by molar-refractivity contribution is 6.05. The fourth-order valence-electron chi connectivity index (χ4n) is 2.66. The van der Waals surface area contributed by atoms with E-state index >= 15 is 0 Å². The molecule has 1 N–H and O–H groups in total. The van der Waals surface area contributed by atoms with Gasteiger partial charge >= 0.3 is 0 Å². The molecule has 0 atom stereocenters. The second kappa shape index (κ2) is 9.73. The Morgan fingerprint density at radius 2 is 1.66 bits per heavy atom. The van der Waals surface area contributed by atoms with E-state index in [4.69, 9.17) is 14.1 Å². The first-order valence-corrected chi connectivity index (χ1v) is 9.73. The van der Waals surface area contributed by atoms with Crippen LogP contribution in [0.25, 0.3) is 11.3 Å². The topological polar surface area (TPSA) is 86.5 Å². The average Bonchev–Trinajstić information content (AvgIpc) is 3.19. The van der Waals surface area contributed by atoms with Crippen molar-refractivity contribution >= 4 is 11.7 Å². The molecule has 1 heterocycles. The summed E-state index contributed by atoms with van der Waals surface area (Å²) in [4.78, 5) is 12.5. The van der Waals surface area contributed by atoms with Gasteiger partial charge in [0, 0.05) is 11.1 Å². The molecule has 0 saturated heterocycles. The molecule has 1 amide bonds.